The lowest BCUT2D eigenvalue weighted by Gasteiger charge is -2.40. The molecule has 0 radical (unpaired) electrons. The third-order valence-electron chi connectivity index (χ3n) is 7.27. The van der Waals surface area contributed by atoms with Crippen LogP contribution >= 0.6 is 0 Å². The molecule has 39 heavy (non-hydrogen) atoms. The highest BCUT2D eigenvalue weighted by atomic mass is 19.4. The van der Waals surface area contributed by atoms with Gasteiger partial charge in [0.2, 0.25) is 0 Å². The summed E-state index contributed by atoms with van der Waals surface area (Å²) in [4.78, 5) is 35.4. The normalized spacial score (nSPS) is 19.6. The molecule has 2 atom stereocenters. The van der Waals surface area contributed by atoms with Gasteiger partial charge in [0.1, 0.15) is 5.82 Å². The number of aromatic nitrogens is 4. The summed E-state index contributed by atoms with van der Waals surface area (Å²) in [5, 5.41) is 9.33. The van der Waals surface area contributed by atoms with E-state index in [1.807, 2.05) is 36.1 Å². The molecule has 10 nitrogen and oxygen atoms in total. The molecule has 1 aliphatic heterocycles. The second-order valence-corrected chi connectivity index (χ2v) is 10.00. The molecule has 3 heterocycles. The van der Waals surface area contributed by atoms with Gasteiger partial charge in [-0.05, 0) is 56.2 Å². The summed E-state index contributed by atoms with van der Waals surface area (Å²) in [5.74, 6) is -0.398. The molecule has 206 valence electrons. The number of carbonyl (C=O) groups is 2. The van der Waals surface area contributed by atoms with Gasteiger partial charge < -0.3 is 21.3 Å². The summed E-state index contributed by atoms with van der Waals surface area (Å²) in [5.41, 5.74) is 5.53. The molecule has 2 aliphatic rings. The van der Waals surface area contributed by atoms with E-state index in [2.05, 4.69) is 25.7 Å². The Kier molecular flexibility index (Phi) is 6.91. The van der Waals surface area contributed by atoms with Gasteiger partial charge in [-0.15, -0.1) is 0 Å². The van der Waals surface area contributed by atoms with E-state index in [1.165, 1.54) is 24.6 Å². The first-order valence-corrected chi connectivity index (χ1v) is 12.7. The predicted octanol–water partition coefficient (Wildman–Crippen LogP) is 3.74. The second kappa shape index (κ2) is 10.2. The number of alkyl halides is 3. The fraction of sp³-hybridized carbons (Fsp3) is 0.423. The Morgan fingerprint density at radius 1 is 1.10 bits per heavy atom. The molecule has 2 amide bonds. The lowest BCUT2D eigenvalue weighted by molar-refractivity contribution is -0.143. The van der Waals surface area contributed by atoms with Crippen LogP contribution in [-0.2, 0) is 13.2 Å². The van der Waals surface area contributed by atoms with E-state index in [9.17, 15) is 22.8 Å². The standard InChI is InChI=1S/C26H29F3N8O2/c1-14-18(34-25(39)17-9-7-16(8-10-17)15-5-6-15)4-3-11-37(14)20-13-31-21(23(30)38)24(35-20)33-19-12-32-36(2)22(19)26(27,28)29/h7-10,12-15,18H,3-6,11H2,1-2H3,(H2,30,38)(H,33,35)(H,34,39)/t14-,18-/m1/s1. The van der Waals surface area contributed by atoms with E-state index in [0.29, 0.717) is 28.5 Å². The van der Waals surface area contributed by atoms with Crippen LogP contribution < -0.4 is 21.3 Å². The Labute approximate surface area is 222 Å². The average Bonchev–Trinajstić information content (AvgIpc) is 3.67. The monoisotopic (exact) mass is 542 g/mol. The van der Waals surface area contributed by atoms with Gasteiger partial charge >= 0.3 is 6.18 Å². The maximum Gasteiger partial charge on any atom is 0.435 e. The topological polar surface area (TPSA) is 131 Å². The smallest absolute Gasteiger partial charge is 0.364 e. The molecule has 0 bridgehead atoms. The fourth-order valence-electron chi connectivity index (χ4n) is 5.01. The lowest BCUT2D eigenvalue weighted by Crippen LogP contribution is -2.54. The maximum absolute atomic E-state index is 13.6. The lowest BCUT2D eigenvalue weighted by atomic mass is 9.97. The van der Waals surface area contributed by atoms with Crippen LogP contribution in [0.5, 0.6) is 0 Å². The number of hydrogen-bond donors (Lipinski definition) is 3. The summed E-state index contributed by atoms with van der Waals surface area (Å²) < 4.78 is 41.4. The molecular formula is C26H29F3N8O2. The number of nitrogens with two attached hydrogens (primary N) is 1. The van der Waals surface area contributed by atoms with Gasteiger partial charge in [0, 0.05) is 31.2 Å². The van der Waals surface area contributed by atoms with Crippen LogP contribution in [0.2, 0.25) is 0 Å². The van der Waals surface area contributed by atoms with Crippen molar-refractivity contribution in [2.75, 3.05) is 16.8 Å². The molecule has 1 saturated heterocycles. The number of benzene rings is 1. The van der Waals surface area contributed by atoms with Crippen molar-refractivity contribution >= 4 is 29.1 Å². The van der Waals surface area contributed by atoms with Crippen LogP contribution in [0.1, 0.15) is 70.6 Å². The molecule has 1 saturated carbocycles. The van der Waals surface area contributed by atoms with Gasteiger partial charge in [-0.3, -0.25) is 14.3 Å². The third-order valence-corrected chi connectivity index (χ3v) is 7.27. The van der Waals surface area contributed by atoms with E-state index in [-0.39, 0.29) is 35.2 Å². The highest BCUT2D eigenvalue weighted by molar-refractivity contribution is 5.96. The Hall–Kier alpha value is -4.16. The summed E-state index contributed by atoms with van der Waals surface area (Å²) in [6, 6.07) is 7.26. The number of piperidine rings is 1. The van der Waals surface area contributed by atoms with E-state index in [0.717, 1.165) is 26.1 Å². The first kappa shape index (κ1) is 26.4. The molecule has 1 aliphatic carbocycles. The van der Waals surface area contributed by atoms with E-state index in [4.69, 9.17) is 5.73 Å². The van der Waals surface area contributed by atoms with E-state index in [1.54, 1.807) is 0 Å². The summed E-state index contributed by atoms with van der Waals surface area (Å²) in [7, 11) is 1.16. The largest absolute Gasteiger partial charge is 0.435 e. The molecule has 3 aromatic rings. The van der Waals surface area contributed by atoms with Crippen LogP contribution in [0, 0.1) is 0 Å². The number of hydrogen-bond acceptors (Lipinski definition) is 7. The van der Waals surface area contributed by atoms with Gasteiger partial charge in [0.25, 0.3) is 11.8 Å². The summed E-state index contributed by atoms with van der Waals surface area (Å²) in [6.45, 7) is 2.51. The van der Waals surface area contributed by atoms with Crippen molar-refractivity contribution < 1.29 is 22.8 Å². The molecule has 1 aromatic carbocycles. The van der Waals surface area contributed by atoms with Gasteiger partial charge in [0.05, 0.1) is 18.1 Å². The number of nitrogens with one attached hydrogen (secondary N) is 2. The summed E-state index contributed by atoms with van der Waals surface area (Å²) >= 11 is 0. The quantitative estimate of drug-likeness (QED) is 0.415. The highest BCUT2D eigenvalue weighted by Crippen LogP contribution is 2.40. The van der Waals surface area contributed by atoms with Crippen LogP contribution in [0.3, 0.4) is 0 Å². The van der Waals surface area contributed by atoms with Crippen molar-refractivity contribution in [2.45, 2.75) is 56.8 Å². The number of rotatable bonds is 7. The minimum atomic E-state index is -4.70. The predicted molar refractivity (Wildman–Crippen MR) is 138 cm³/mol. The Morgan fingerprint density at radius 2 is 1.82 bits per heavy atom. The second-order valence-electron chi connectivity index (χ2n) is 10.00. The van der Waals surface area contributed by atoms with Crippen molar-refractivity contribution in [2.24, 2.45) is 12.8 Å². The molecule has 5 rings (SSSR count). The SMILES string of the molecule is C[C@@H]1[C@H](NC(=O)c2ccc(C3CC3)cc2)CCCN1c1cnc(C(N)=O)c(Nc2cnn(C)c2C(F)(F)F)n1. The summed E-state index contributed by atoms with van der Waals surface area (Å²) in [6.07, 6.45) is 1.51. The Bertz CT molecular complexity index is 1380. The van der Waals surface area contributed by atoms with E-state index < -0.39 is 17.8 Å². The zero-order chi connectivity index (χ0) is 27.9. The zero-order valence-electron chi connectivity index (χ0n) is 21.5. The molecule has 0 spiro atoms. The van der Waals surface area contributed by atoms with Gasteiger partial charge in [0.15, 0.2) is 17.2 Å². The number of halogens is 3. The van der Waals surface area contributed by atoms with Crippen LogP contribution in [0.4, 0.5) is 30.5 Å². The molecule has 2 aromatic heterocycles. The number of aryl methyl sites for hydroxylation is 1. The Balaban J connectivity index is 1.36. The molecule has 4 N–H and O–H groups in total. The highest BCUT2D eigenvalue weighted by Gasteiger charge is 2.38. The average molecular weight is 543 g/mol. The first-order valence-electron chi connectivity index (χ1n) is 12.7. The van der Waals surface area contributed by atoms with Crippen molar-refractivity contribution in [3.63, 3.8) is 0 Å². The van der Waals surface area contributed by atoms with Gasteiger partial charge in [-0.1, -0.05) is 12.1 Å². The minimum Gasteiger partial charge on any atom is -0.364 e. The number of anilines is 3. The Morgan fingerprint density at radius 3 is 2.46 bits per heavy atom. The molecule has 0 unspecified atom stereocenters. The number of carbonyl (C=O) groups excluding carboxylic acids is 2. The van der Waals surface area contributed by atoms with Crippen LogP contribution in [0.25, 0.3) is 0 Å². The van der Waals surface area contributed by atoms with Crippen molar-refractivity contribution in [1.29, 1.82) is 0 Å². The number of amides is 2. The molecule has 13 heteroatoms. The van der Waals surface area contributed by atoms with Gasteiger partial charge in [-0.2, -0.15) is 18.3 Å². The molecule has 2 fully saturated rings. The molecular weight excluding hydrogens is 513 g/mol. The van der Waals surface area contributed by atoms with E-state index >= 15 is 0 Å². The van der Waals surface area contributed by atoms with Gasteiger partial charge in [-0.25, -0.2) is 9.97 Å². The third kappa shape index (κ3) is 5.52. The first-order chi connectivity index (χ1) is 18.5. The maximum atomic E-state index is 13.6. The van der Waals surface area contributed by atoms with Crippen LogP contribution in [-0.4, -0.2) is 50.2 Å². The zero-order valence-corrected chi connectivity index (χ0v) is 21.5. The van der Waals surface area contributed by atoms with Crippen molar-refractivity contribution in [3.8, 4) is 0 Å². The fourth-order valence-corrected chi connectivity index (χ4v) is 5.01. The van der Waals surface area contributed by atoms with Crippen LogP contribution in [0.15, 0.2) is 36.7 Å². The minimum absolute atomic E-state index is 0.176. The van der Waals surface area contributed by atoms with Crippen molar-refractivity contribution in [1.82, 2.24) is 25.1 Å². The number of primary amides is 1. The number of nitrogens with zero attached hydrogens (tertiary/aromatic N) is 5. The van der Waals surface area contributed by atoms with Crippen molar-refractivity contribution in [3.05, 3.63) is 59.2 Å².